The van der Waals surface area contributed by atoms with E-state index >= 15 is 0 Å². The van der Waals surface area contributed by atoms with E-state index in [1.807, 2.05) is 30.1 Å². The summed E-state index contributed by atoms with van der Waals surface area (Å²) in [6.45, 7) is 0. The van der Waals surface area contributed by atoms with E-state index in [4.69, 9.17) is 0 Å². The molecule has 1 aromatic carbocycles. The third-order valence-corrected chi connectivity index (χ3v) is 4.44. The zero-order chi connectivity index (χ0) is 14.7. The van der Waals surface area contributed by atoms with Crippen molar-refractivity contribution in [2.45, 2.75) is 51.0 Å². The number of fused-ring (bicyclic) bond motifs is 1. The smallest absolute Gasteiger partial charge is 0.226 e. The molecule has 0 atom stereocenters. The molecule has 0 aliphatic heterocycles. The Balaban J connectivity index is 1.66. The summed E-state index contributed by atoms with van der Waals surface area (Å²) in [5.74, 6) is 0.178. The van der Waals surface area contributed by atoms with Crippen molar-refractivity contribution < 1.29 is 9.42 Å². The summed E-state index contributed by atoms with van der Waals surface area (Å²) in [5, 5.41) is 7.60. The van der Waals surface area contributed by atoms with Crippen LogP contribution in [0.5, 0.6) is 0 Å². The molecule has 1 saturated carbocycles. The maximum absolute atomic E-state index is 12.5. The Morgan fingerprint density at radius 2 is 1.90 bits per heavy atom. The SMILES string of the molecule is CN(C(=O)Cc1ccc2nonc2c1)C1CCCCCC1. The van der Waals surface area contributed by atoms with E-state index in [0.29, 0.717) is 18.0 Å². The number of hydrogen-bond donors (Lipinski definition) is 0. The second kappa shape index (κ2) is 6.24. The van der Waals surface area contributed by atoms with Crippen LogP contribution in [-0.4, -0.2) is 34.2 Å². The summed E-state index contributed by atoms with van der Waals surface area (Å²) in [6.07, 6.45) is 7.75. The predicted octanol–water partition coefficient (Wildman–Crippen LogP) is 2.95. The quantitative estimate of drug-likeness (QED) is 0.814. The highest BCUT2D eigenvalue weighted by atomic mass is 16.6. The largest absolute Gasteiger partial charge is 0.342 e. The van der Waals surface area contributed by atoms with Gasteiger partial charge in [-0.15, -0.1) is 0 Å². The molecule has 0 unspecified atom stereocenters. The van der Waals surface area contributed by atoms with Crippen molar-refractivity contribution in [1.29, 1.82) is 0 Å². The van der Waals surface area contributed by atoms with Crippen molar-refractivity contribution >= 4 is 16.9 Å². The van der Waals surface area contributed by atoms with Gasteiger partial charge in [0.15, 0.2) is 0 Å². The fraction of sp³-hybridized carbons (Fsp3) is 0.562. The summed E-state index contributed by atoms with van der Waals surface area (Å²) in [5.41, 5.74) is 2.39. The first-order valence-corrected chi connectivity index (χ1v) is 7.71. The van der Waals surface area contributed by atoms with Gasteiger partial charge in [-0.1, -0.05) is 31.7 Å². The second-order valence-electron chi connectivity index (χ2n) is 5.91. The van der Waals surface area contributed by atoms with Crippen LogP contribution >= 0.6 is 0 Å². The highest BCUT2D eigenvalue weighted by molar-refractivity contribution is 5.81. The highest BCUT2D eigenvalue weighted by Gasteiger charge is 2.21. The molecular formula is C16H21N3O2. The minimum Gasteiger partial charge on any atom is -0.342 e. The molecule has 21 heavy (non-hydrogen) atoms. The van der Waals surface area contributed by atoms with Gasteiger partial charge in [0.1, 0.15) is 11.0 Å². The van der Waals surface area contributed by atoms with Crippen molar-refractivity contribution in [3.05, 3.63) is 23.8 Å². The Bertz CT molecular complexity index is 615. The van der Waals surface area contributed by atoms with E-state index in [2.05, 4.69) is 14.9 Å². The summed E-state index contributed by atoms with van der Waals surface area (Å²) in [7, 11) is 1.94. The topological polar surface area (TPSA) is 59.2 Å². The Hall–Kier alpha value is -1.91. The number of carbonyl (C=O) groups excluding carboxylic acids is 1. The van der Waals surface area contributed by atoms with E-state index in [0.717, 1.165) is 23.9 Å². The molecule has 5 heteroatoms. The van der Waals surface area contributed by atoms with Gasteiger partial charge in [-0.25, -0.2) is 4.63 Å². The van der Waals surface area contributed by atoms with Gasteiger partial charge in [-0.3, -0.25) is 4.79 Å². The number of amides is 1. The minimum atomic E-state index is 0.178. The summed E-state index contributed by atoms with van der Waals surface area (Å²) in [6, 6.07) is 6.05. The number of nitrogens with zero attached hydrogens (tertiary/aromatic N) is 3. The van der Waals surface area contributed by atoms with Crippen LogP contribution in [0.15, 0.2) is 22.8 Å². The van der Waals surface area contributed by atoms with E-state index in [-0.39, 0.29) is 5.91 Å². The number of likely N-dealkylation sites (N-methyl/N-ethyl adjacent to an activating group) is 1. The zero-order valence-electron chi connectivity index (χ0n) is 12.4. The molecule has 0 saturated heterocycles. The highest BCUT2D eigenvalue weighted by Crippen LogP contribution is 2.22. The third kappa shape index (κ3) is 3.23. The molecule has 1 aliphatic carbocycles. The lowest BCUT2D eigenvalue weighted by atomic mass is 10.1. The molecule has 1 heterocycles. The van der Waals surface area contributed by atoms with Crippen LogP contribution in [0.3, 0.4) is 0 Å². The monoisotopic (exact) mass is 287 g/mol. The molecule has 0 spiro atoms. The third-order valence-electron chi connectivity index (χ3n) is 4.44. The lowest BCUT2D eigenvalue weighted by molar-refractivity contribution is -0.131. The van der Waals surface area contributed by atoms with Crippen LogP contribution in [0, 0.1) is 0 Å². The Morgan fingerprint density at radius 1 is 1.19 bits per heavy atom. The van der Waals surface area contributed by atoms with Crippen LogP contribution in [-0.2, 0) is 11.2 Å². The number of aromatic nitrogens is 2. The van der Waals surface area contributed by atoms with Crippen LogP contribution in [0.2, 0.25) is 0 Å². The van der Waals surface area contributed by atoms with Gasteiger partial charge in [0.05, 0.1) is 6.42 Å². The first kappa shape index (κ1) is 14.0. The number of carbonyl (C=O) groups is 1. The van der Waals surface area contributed by atoms with Gasteiger partial charge >= 0.3 is 0 Å². The molecule has 2 aromatic rings. The molecule has 112 valence electrons. The van der Waals surface area contributed by atoms with Crippen molar-refractivity contribution in [2.75, 3.05) is 7.05 Å². The molecule has 5 nitrogen and oxygen atoms in total. The summed E-state index contributed by atoms with van der Waals surface area (Å²) < 4.78 is 4.69. The van der Waals surface area contributed by atoms with Gasteiger partial charge in [-0.05, 0) is 40.9 Å². The van der Waals surface area contributed by atoms with E-state index < -0.39 is 0 Å². The van der Waals surface area contributed by atoms with Gasteiger partial charge in [-0.2, -0.15) is 0 Å². The van der Waals surface area contributed by atoms with Gasteiger partial charge in [0, 0.05) is 13.1 Å². The van der Waals surface area contributed by atoms with Crippen molar-refractivity contribution in [2.24, 2.45) is 0 Å². The second-order valence-corrected chi connectivity index (χ2v) is 5.91. The summed E-state index contributed by atoms with van der Waals surface area (Å²) in [4.78, 5) is 14.4. The average Bonchev–Trinajstić information content (AvgIpc) is 2.78. The number of rotatable bonds is 3. The molecular weight excluding hydrogens is 266 g/mol. The average molecular weight is 287 g/mol. The van der Waals surface area contributed by atoms with Crippen LogP contribution in [0.1, 0.15) is 44.1 Å². The summed E-state index contributed by atoms with van der Waals surface area (Å²) >= 11 is 0. The Kier molecular flexibility index (Phi) is 4.18. The number of benzene rings is 1. The van der Waals surface area contributed by atoms with Crippen LogP contribution in [0.4, 0.5) is 0 Å². The fourth-order valence-corrected chi connectivity index (χ4v) is 3.09. The standard InChI is InChI=1S/C16H21N3O2/c1-19(13-6-4-2-3-5-7-13)16(20)11-12-8-9-14-15(10-12)18-21-17-14/h8-10,13H,2-7,11H2,1H3. The normalized spacial score (nSPS) is 16.8. The fourth-order valence-electron chi connectivity index (χ4n) is 3.09. The van der Waals surface area contributed by atoms with Gasteiger partial charge in [0.25, 0.3) is 0 Å². The van der Waals surface area contributed by atoms with Crippen molar-refractivity contribution in [3.63, 3.8) is 0 Å². The minimum absolute atomic E-state index is 0.178. The molecule has 1 aromatic heterocycles. The molecule has 1 fully saturated rings. The molecule has 3 rings (SSSR count). The van der Waals surface area contributed by atoms with Crippen molar-refractivity contribution in [1.82, 2.24) is 15.2 Å². The molecule has 0 N–H and O–H groups in total. The molecule has 1 aliphatic rings. The molecule has 0 radical (unpaired) electrons. The van der Waals surface area contributed by atoms with Crippen LogP contribution < -0.4 is 0 Å². The maximum Gasteiger partial charge on any atom is 0.226 e. The van der Waals surface area contributed by atoms with Gasteiger partial charge < -0.3 is 4.90 Å². The predicted molar refractivity (Wildman–Crippen MR) is 79.8 cm³/mol. The van der Waals surface area contributed by atoms with E-state index in [1.165, 1.54) is 25.7 Å². The number of hydrogen-bond acceptors (Lipinski definition) is 4. The first-order valence-electron chi connectivity index (χ1n) is 7.71. The Morgan fingerprint density at radius 3 is 2.67 bits per heavy atom. The molecule has 1 amide bonds. The zero-order valence-corrected chi connectivity index (χ0v) is 12.4. The lowest BCUT2D eigenvalue weighted by Gasteiger charge is -2.27. The first-order chi connectivity index (χ1) is 10.2. The molecule has 0 bridgehead atoms. The maximum atomic E-state index is 12.5. The van der Waals surface area contributed by atoms with E-state index in [1.54, 1.807) is 0 Å². The van der Waals surface area contributed by atoms with Crippen LogP contribution in [0.25, 0.3) is 11.0 Å². The van der Waals surface area contributed by atoms with Crippen molar-refractivity contribution in [3.8, 4) is 0 Å². The van der Waals surface area contributed by atoms with Gasteiger partial charge in [0.2, 0.25) is 5.91 Å². The van der Waals surface area contributed by atoms with E-state index in [9.17, 15) is 4.79 Å². The Labute approximate surface area is 124 Å². The lowest BCUT2D eigenvalue weighted by Crippen LogP contribution is -2.37.